The molecule has 0 bridgehead atoms. The molecule has 1 aliphatic rings. The monoisotopic (exact) mass is 404 g/mol. The van der Waals surface area contributed by atoms with Crippen molar-refractivity contribution in [1.29, 1.82) is 0 Å². The normalized spacial score (nSPS) is 14.9. The van der Waals surface area contributed by atoms with E-state index in [1.807, 2.05) is 12.1 Å². The van der Waals surface area contributed by atoms with E-state index in [1.54, 1.807) is 16.7 Å². The molecule has 0 unspecified atom stereocenters. The molecule has 1 aliphatic carbocycles. The van der Waals surface area contributed by atoms with Gasteiger partial charge in [-0.15, -0.1) is 0 Å². The lowest BCUT2D eigenvalue weighted by molar-refractivity contribution is -0.143. The second kappa shape index (κ2) is 9.36. The van der Waals surface area contributed by atoms with E-state index in [4.69, 9.17) is 16.3 Å². The first-order chi connectivity index (χ1) is 13.5. The number of hydrogen-bond acceptors (Lipinski definition) is 5. The molecule has 0 atom stereocenters. The maximum absolute atomic E-state index is 11.8. The van der Waals surface area contributed by atoms with Gasteiger partial charge in [-0.3, -0.25) is 14.5 Å². The Morgan fingerprint density at radius 2 is 2.04 bits per heavy atom. The Labute approximate surface area is 166 Å². The number of amides is 3. The Hall–Kier alpha value is -2.87. The number of nitrogens with zero attached hydrogens (tertiary/aromatic N) is 2. The molecule has 0 spiro atoms. The van der Waals surface area contributed by atoms with Gasteiger partial charge in [0, 0.05) is 18.3 Å². The molecule has 3 amide bonds. The maximum Gasteiger partial charge on any atom is 0.331 e. The highest BCUT2D eigenvalue weighted by Gasteiger charge is 2.17. The van der Waals surface area contributed by atoms with Crippen LogP contribution in [0.4, 0.5) is 4.79 Å². The molecule has 8 nitrogen and oxygen atoms in total. The number of rotatable bonds is 5. The number of imidazole rings is 1. The Kier molecular flexibility index (Phi) is 6.65. The predicted octanol–water partition coefficient (Wildman–Crippen LogP) is 2.70. The van der Waals surface area contributed by atoms with Gasteiger partial charge < -0.3 is 10.1 Å². The van der Waals surface area contributed by atoms with E-state index in [0.29, 0.717) is 11.3 Å². The van der Waals surface area contributed by atoms with Crippen LogP contribution in [0.1, 0.15) is 37.8 Å². The summed E-state index contributed by atoms with van der Waals surface area (Å²) in [4.78, 5) is 39.5. The van der Waals surface area contributed by atoms with Gasteiger partial charge in [-0.25, -0.2) is 14.6 Å². The standard InChI is InChI=1S/C19H21ClN4O4/c20-18-14(24-11-5-4-8-15(24)22-18)9-10-17(26)28-12-16(25)23-19(27)21-13-6-2-1-3-7-13/h4-5,8-11,13H,1-3,6-7,12H2,(H2,21,23,25,27)/b10-9+. The molecule has 0 saturated heterocycles. The van der Waals surface area contributed by atoms with Crippen molar-refractivity contribution in [1.82, 2.24) is 20.0 Å². The predicted molar refractivity (Wildman–Crippen MR) is 104 cm³/mol. The number of fused-ring (bicyclic) bond motifs is 1. The first kappa shape index (κ1) is 19.9. The van der Waals surface area contributed by atoms with Crippen LogP contribution in [0.25, 0.3) is 11.7 Å². The van der Waals surface area contributed by atoms with Gasteiger partial charge in [0.2, 0.25) is 0 Å². The minimum Gasteiger partial charge on any atom is -0.452 e. The third-order valence-electron chi connectivity index (χ3n) is 4.44. The molecule has 2 N–H and O–H groups in total. The van der Waals surface area contributed by atoms with E-state index in [1.165, 1.54) is 12.5 Å². The number of esters is 1. The summed E-state index contributed by atoms with van der Waals surface area (Å²) in [5.74, 6) is -1.42. The average molecular weight is 405 g/mol. The Morgan fingerprint density at radius 3 is 2.82 bits per heavy atom. The minimum absolute atomic E-state index is 0.0854. The lowest BCUT2D eigenvalue weighted by Gasteiger charge is -2.22. The van der Waals surface area contributed by atoms with Crippen LogP contribution in [0.15, 0.2) is 30.5 Å². The molecule has 2 heterocycles. The van der Waals surface area contributed by atoms with Crippen LogP contribution in [-0.2, 0) is 14.3 Å². The van der Waals surface area contributed by atoms with E-state index in [9.17, 15) is 14.4 Å². The van der Waals surface area contributed by atoms with Crippen molar-refractivity contribution in [3.05, 3.63) is 41.3 Å². The van der Waals surface area contributed by atoms with Crippen molar-refractivity contribution in [2.24, 2.45) is 0 Å². The van der Waals surface area contributed by atoms with Crippen LogP contribution in [0, 0.1) is 0 Å². The van der Waals surface area contributed by atoms with Gasteiger partial charge >= 0.3 is 12.0 Å². The van der Waals surface area contributed by atoms with E-state index in [2.05, 4.69) is 15.6 Å². The highest BCUT2D eigenvalue weighted by Crippen LogP contribution is 2.19. The zero-order valence-corrected chi connectivity index (χ0v) is 15.9. The number of nitrogens with one attached hydrogen (secondary N) is 2. The fourth-order valence-corrected chi connectivity index (χ4v) is 3.34. The van der Waals surface area contributed by atoms with E-state index >= 15 is 0 Å². The molecule has 1 fully saturated rings. The molecule has 3 rings (SSSR count). The smallest absolute Gasteiger partial charge is 0.331 e. The molecule has 9 heteroatoms. The third-order valence-corrected chi connectivity index (χ3v) is 4.72. The first-order valence-electron chi connectivity index (χ1n) is 9.10. The van der Waals surface area contributed by atoms with Gasteiger partial charge in [-0.2, -0.15) is 0 Å². The molecular formula is C19H21ClN4O4. The molecule has 0 aromatic carbocycles. The van der Waals surface area contributed by atoms with Gasteiger partial charge in [0.05, 0.1) is 5.69 Å². The van der Waals surface area contributed by atoms with Gasteiger partial charge in [0.15, 0.2) is 11.8 Å². The van der Waals surface area contributed by atoms with Crippen molar-refractivity contribution in [3.63, 3.8) is 0 Å². The SMILES string of the molecule is O=C(COC(=O)/C=C/c1c(Cl)nc2ccccn12)NC(=O)NC1CCCCC1. The topological polar surface area (TPSA) is 102 Å². The molecule has 2 aromatic heterocycles. The molecule has 0 radical (unpaired) electrons. The average Bonchev–Trinajstić information content (AvgIpc) is 3.00. The number of hydrogen-bond donors (Lipinski definition) is 2. The van der Waals surface area contributed by atoms with Gasteiger partial charge in [-0.05, 0) is 31.1 Å². The van der Waals surface area contributed by atoms with Crippen LogP contribution >= 0.6 is 11.6 Å². The van der Waals surface area contributed by atoms with Crippen LogP contribution in [0.5, 0.6) is 0 Å². The lowest BCUT2D eigenvalue weighted by atomic mass is 9.96. The third kappa shape index (κ3) is 5.32. The van der Waals surface area contributed by atoms with Crippen LogP contribution < -0.4 is 10.6 Å². The maximum atomic E-state index is 11.8. The number of halogens is 1. The molecule has 0 aliphatic heterocycles. The summed E-state index contributed by atoms with van der Waals surface area (Å²) in [5, 5.41) is 5.16. The van der Waals surface area contributed by atoms with Crippen LogP contribution in [0.2, 0.25) is 5.15 Å². The number of urea groups is 1. The highest BCUT2D eigenvalue weighted by atomic mass is 35.5. The highest BCUT2D eigenvalue weighted by molar-refractivity contribution is 6.31. The summed E-state index contributed by atoms with van der Waals surface area (Å²) in [7, 11) is 0. The second-order valence-corrected chi connectivity index (χ2v) is 6.87. The van der Waals surface area contributed by atoms with Crippen molar-refractivity contribution in [2.45, 2.75) is 38.1 Å². The number of aromatic nitrogens is 2. The van der Waals surface area contributed by atoms with Crippen LogP contribution in [0.3, 0.4) is 0 Å². The summed E-state index contributed by atoms with van der Waals surface area (Å²) in [6.07, 6.45) is 9.50. The molecule has 1 saturated carbocycles. The summed E-state index contributed by atoms with van der Waals surface area (Å²) >= 11 is 6.07. The number of carbonyl (C=O) groups excluding carboxylic acids is 3. The Balaban J connectivity index is 1.45. The van der Waals surface area contributed by atoms with Gasteiger partial charge in [-0.1, -0.05) is 36.9 Å². The van der Waals surface area contributed by atoms with Gasteiger partial charge in [0.25, 0.3) is 5.91 Å². The van der Waals surface area contributed by atoms with E-state index in [-0.39, 0.29) is 11.2 Å². The fraction of sp³-hybridized carbons (Fsp3) is 0.368. The molecule has 2 aromatic rings. The largest absolute Gasteiger partial charge is 0.452 e. The van der Waals surface area contributed by atoms with Crippen molar-refractivity contribution >= 4 is 41.2 Å². The van der Waals surface area contributed by atoms with E-state index < -0.39 is 24.5 Å². The summed E-state index contributed by atoms with van der Waals surface area (Å²) in [6, 6.07) is 4.93. The number of imide groups is 1. The minimum atomic E-state index is -0.732. The molecule has 148 valence electrons. The summed E-state index contributed by atoms with van der Waals surface area (Å²) in [6.45, 7) is -0.553. The van der Waals surface area contributed by atoms with Crippen molar-refractivity contribution in [2.75, 3.05) is 6.61 Å². The van der Waals surface area contributed by atoms with Crippen LogP contribution in [-0.4, -0.2) is 39.9 Å². The zero-order valence-electron chi connectivity index (χ0n) is 15.2. The van der Waals surface area contributed by atoms with Gasteiger partial charge in [0.1, 0.15) is 5.65 Å². The fourth-order valence-electron chi connectivity index (χ4n) is 3.10. The quantitative estimate of drug-likeness (QED) is 0.589. The van der Waals surface area contributed by atoms with Crippen molar-refractivity contribution in [3.8, 4) is 0 Å². The zero-order chi connectivity index (χ0) is 19.9. The summed E-state index contributed by atoms with van der Waals surface area (Å²) in [5.41, 5.74) is 1.16. The Bertz CT molecular complexity index is 902. The molecular weight excluding hydrogens is 384 g/mol. The summed E-state index contributed by atoms with van der Waals surface area (Å²) < 4.78 is 6.57. The second-order valence-electron chi connectivity index (χ2n) is 6.51. The molecule has 28 heavy (non-hydrogen) atoms. The first-order valence-corrected chi connectivity index (χ1v) is 9.48. The van der Waals surface area contributed by atoms with Crippen molar-refractivity contribution < 1.29 is 19.1 Å². The number of ether oxygens (including phenoxy) is 1. The number of carbonyl (C=O) groups is 3. The Morgan fingerprint density at radius 1 is 1.25 bits per heavy atom. The van der Waals surface area contributed by atoms with E-state index in [0.717, 1.165) is 31.8 Å². The lowest BCUT2D eigenvalue weighted by Crippen LogP contribution is -2.46. The number of pyridine rings is 1.